The van der Waals surface area contributed by atoms with Crippen LogP contribution < -0.4 is 9.80 Å². The van der Waals surface area contributed by atoms with Crippen molar-refractivity contribution in [3.05, 3.63) is 49.6 Å². The van der Waals surface area contributed by atoms with E-state index in [1.165, 1.54) is 0 Å². The first-order chi connectivity index (χ1) is 19.6. The van der Waals surface area contributed by atoms with Crippen molar-refractivity contribution in [2.75, 3.05) is 56.2 Å². The van der Waals surface area contributed by atoms with Gasteiger partial charge in [-0.15, -0.1) is 13.2 Å². The predicted molar refractivity (Wildman–Crippen MR) is 161 cm³/mol. The van der Waals surface area contributed by atoms with Crippen molar-refractivity contribution in [3.63, 3.8) is 0 Å². The van der Waals surface area contributed by atoms with Crippen molar-refractivity contribution < 1.29 is 24.2 Å². The summed E-state index contributed by atoms with van der Waals surface area (Å²) >= 11 is 0. The van der Waals surface area contributed by atoms with Crippen LogP contribution in [0.5, 0.6) is 0 Å². The van der Waals surface area contributed by atoms with Crippen LogP contribution >= 0.6 is 0 Å². The maximum absolute atomic E-state index is 14.7. The number of rotatable bonds is 13. The Morgan fingerprint density at radius 1 is 1.10 bits per heavy atom. The molecule has 3 amide bonds. The van der Waals surface area contributed by atoms with Crippen molar-refractivity contribution in [3.8, 4) is 0 Å². The first kappa shape index (κ1) is 30.8. The lowest BCUT2D eigenvalue weighted by molar-refractivity contribution is -0.150. The summed E-state index contributed by atoms with van der Waals surface area (Å²) in [6.45, 7) is 18.2. The fourth-order valence-electron chi connectivity index (χ4n) is 7.43. The van der Waals surface area contributed by atoms with Crippen molar-refractivity contribution in [2.24, 2.45) is 17.8 Å². The summed E-state index contributed by atoms with van der Waals surface area (Å²) in [4.78, 5) is 49.7. The molecule has 9 nitrogen and oxygen atoms in total. The van der Waals surface area contributed by atoms with E-state index in [4.69, 9.17) is 4.74 Å². The molecule has 0 aliphatic carbocycles. The number of aliphatic hydroxyl groups is 1. The summed E-state index contributed by atoms with van der Waals surface area (Å²) in [7, 11) is 1.70. The van der Waals surface area contributed by atoms with E-state index in [0.717, 1.165) is 18.8 Å². The maximum Gasteiger partial charge on any atom is 0.253 e. The minimum Gasteiger partial charge on any atom is -0.396 e. The van der Waals surface area contributed by atoms with Gasteiger partial charge in [0.2, 0.25) is 11.8 Å². The number of ether oxygens (including phenoxy) is 1. The van der Waals surface area contributed by atoms with E-state index in [2.05, 4.69) is 31.9 Å². The van der Waals surface area contributed by atoms with E-state index >= 15 is 0 Å². The quantitative estimate of drug-likeness (QED) is 0.369. The topological polar surface area (TPSA) is 93.6 Å². The molecule has 2 bridgehead atoms. The largest absolute Gasteiger partial charge is 0.396 e. The Bertz CT molecular complexity index is 1170. The summed E-state index contributed by atoms with van der Waals surface area (Å²) < 4.78 is 6.83. The number of likely N-dealkylation sites (N-methyl/N-ethyl adjacent to an activating group) is 1. The lowest BCUT2D eigenvalue weighted by atomic mass is 9.62. The Labute approximate surface area is 244 Å². The summed E-state index contributed by atoms with van der Waals surface area (Å²) in [6, 6.07) is 6.92. The van der Waals surface area contributed by atoms with E-state index in [-0.39, 0.29) is 43.3 Å². The molecule has 3 unspecified atom stereocenters. The second-order valence-corrected chi connectivity index (χ2v) is 11.7. The van der Waals surface area contributed by atoms with Crippen LogP contribution in [-0.4, -0.2) is 96.3 Å². The minimum atomic E-state index is -1.15. The standard InChI is InChI=1S/C32H46N4O5/c1-8-17-33(7)28(38)25-26-29(39)36(19-12-20-37)27(32(26)21-22(5)31(25,6)41-32)30(40)35(18-9-2)24-15-13-23(14-16-24)34(10-3)11-4/h8-9,13-16,22,25-27,37H,1-2,10-12,17-21H2,3-7H3/t22?,25-,26-,27?,31+,32?/m0/s1. The highest BCUT2D eigenvalue weighted by Gasteiger charge is 2.80. The second-order valence-electron chi connectivity index (χ2n) is 11.7. The third kappa shape index (κ3) is 4.87. The van der Waals surface area contributed by atoms with E-state index < -0.39 is 29.1 Å². The summed E-state index contributed by atoms with van der Waals surface area (Å²) in [5.41, 5.74) is -0.268. The molecule has 224 valence electrons. The van der Waals surface area contributed by atoms with Gasteiger partial charge in [-0.2, -0.15) is 0 Å². The molecular weight excluding hydrogens is 520 g/mol. The van der Waals surface area contributed by atoms with Gasteiger partial charge < -0.3 is 29.4 Å². The van der Waals surface area contributed by atoms with Crippen LogP contribution in [0.3, 0.4) is 0 Å². The Morgan fingerprint density at radius 3 is 2.27 bits per heavy atom. The lowest BCUT2D eigenvalue weighted by Crippen LogP contribution is -2.57. The van der Waals surface area contributed by atoms with Gasteiger partial charge in [-0.25, -0.2) is 0 Å². The lowest BCUT2D eigenvalue weighted by Gasteiger charge is -2.38. The molecule has 1 aromatic rings. The minimum absolute atomic E-state index is 0.0491. The third-order valence-electron chi connectivity index (χ3n) is 9.52. The highest BCUT2D eigenvalue weighted by molar-refractivity contribution is 6.05. The highest BCUT2D eigenvalue weighted by atomic mass is 16.5. The van der Waals surface area contributed by atoms with Crippen LogP contribution in [0, 0.1) is 17.8 Å². The monoisotopic (exact) mass is 566 g/mol. The van der Waals surface area contributed by atoms with Gasteiger partial charge in [-0.05, 0) is 63.8 Å². The smallest absolute Gasteiger partial charge is 0.253 e. The van der Waals surface area contributed by atoms with Gasteiger partial charge in [0.15, 0.2) is 0 Å². The number of hydrogen-bond acceptors (Lipinski definition) is 6. The number of nitrogens with zero attached hydrogens (tertiary/aromatic N) is 4. The van der Waals surface area contributed by atoms with Crippen molar-refractivity contribution in [2.45, 2.75) is 57.8 Å². The van der Waals surface area contributed by atoms with Crippen LogP contribution in [-0.2, 0) is 19.1 Å². The molecule has 4 rings (SSSR count). The van der Waals surface area contributed by atoms with Crippen LogP contribution in [0.25, 0.3) is 0 Å². The first-order valence-corrected chi connectivity index (χ1v) is 14.8. The Morgan fingerprint density at radius 2 is 1.71 bits per heavy atom. The van der Waals surface area contributed by atoms with E-state index in [0.29, 0.717) is 25.1 Å². The summed E-state index contributed by atoms with van der Waals surface area (Å²) in [5, 5.41) is 9.66. The molecule has 41 heavy (non-hydrogen) atoms. The molecule has 0 radical (unpaired) electrons. The molecule has 3 aliphatic rings. The first-order valence-electron chi connectivity index (χ1n) is 14.8. The highest BCUT2D eigenvalue weighted by Crippen LogP contribution is 2.65. The normalized spacial score (nSPS) is 29.8. The molecule has 6 atom stereocenters. The van der Waals surface area contributed by atoms with Crippen molar-refractivity contribution in [1.82, 2.24) is 9.80 Å². The molecule has 3 heterocycles. The fourth-order valence-corrected chi connectivity index (χ4v) is 7.43. The van der Waals surface area contributed by atoms with Crippen LogP contribution in [0.1, 0.15) is 40.5 Å². The fraction of sp³-hybridized carbons (Fsp3) is 0.594. The molecule has 0 saturated carbocycles. The van der Waals surface area contributed by atoms with E-state index in [1.54, 1.807) is 33.9 Å². The molecule has 3 aliphatic heterocycles. The Balaban J connectivity index is 1.78. The summed E-state index contributed by atoms with van der Waals surface area (Å²) in [6.07, 6.45) is 4.14. The number of carbonyl (C=O) groups is 3. The number of likely N-dealkylation sites (tertiary alicyclic amines) is 1. The molecule has 1 spiro atoms. The number of benzene rings is 1. The van der Waals surface area contributed by atoms with E-state index in [1.807, 2.05) is 38.1 Å². The molecule has 3 saturated heterocycles. The third-order valence-corrected chi connectivity index (χ3v) is 9.52. The number of hydrogen-bond donors (Lipinski definition) is 1. The number of fused-ring (bicyclic) bond motifs is 1. The zero-order valence-corrected chi connectivity index (χ0v) is 25.2. The van der Waals surface area contributed by atoms with Gasteiger partial charge >= 0.3 is 0 Å². The second kappa shape index (κ2) is 12.0. The molecule has 1 aromatic carbocycles. The number of amides is 3. The Hall–Kier alpha value is -3.17. The molecule has 1 N–H and O–H groups in total. The number of aliphatic hydroxyl groups excluding tert-OH is 1. The SMILES string of the molecule is C=CCN(C)C(=O)[C@@H]1[C@H]2C(=O)N(CCCO)C(C(=O)N(CC=C)c3ccc(N(CC)CC)cc3)C23CC(C)[C@@]1(C)O3. The summed E-state index contributed by atoms with van der Waals surface area (Å²) in [5.74, 6) is -2.26. The van der Waals surface area contributed by atoms with Crippen LogP contribution in [0.2, 0.25) is 0 Å². The van der Waals surface area contributed by atoms with Crippen LogP contribution in [0.15, 0.2) is 49.6 Å². The molecule has 0 aromatic heterocycles. The average Bonchev–Trinajstić information content (AvgIpc) is 3.47. The van der Waals surface area contributed by atoms with Gasteiger partial charge in [0.1, 0.15) is 11.6 Å². The van der Waals surface area contributed by atoms with E-state index in [9.17, 15) is 19.5 Å². The number of anilines is 2. The van der Waals surface area contributed by atoms with Gasteiger partial charge in [0.25, 0.3) is 5.91 Å². The molecule has 3 fully saturated rings. The van der Waals surface area contributed by atoms with Crippen molar-refractivity contribution >= 4 is 29.1 Å². The zero-order chi connectivity index (χ0) is 30.1. The van der Waals surface area contributed by atoms with Gasteiger partial charge in [-0.1, -0.05) is 19.1 Å². The van der Waals surface area contributed by atoms with Crippen molar-refractivity contribution in [1.29, 1.82) is 0 Å². The average molecular weight is 567 g/mol. The maximum atomic E-state index is 14.7. The molecular formula is C32H46N4O5. The Kier molecular flexibility index (Phi) is 8.99. The van der Waals surface area contributed by atoms with Gasteiger partial charge in [-0.3, -0.25) is 14.4 Å². The number of carbonyl (C=O) groups excluding carboxylic acids is 3. The van der Waals surface area contributed by atoms with Gasteiger partial charge in [0.05, 0.1) is 17.4 Å². The zero-order valence-electron chi connectivity index (χ0n) is 25.2. The van der Waals surface area contributed by atoms with Gasteiger partial charge in [0, 0.05) is 57.8 Å². The predicted octanol–water partition coefficient (Wildman–Crippen LogP) is 3.09. The van der Waals surface area contributed by atoms with Crippen LogP contribution in [0.4, 0.5) is 11.4 Å². The molecule has 9 heteroatoms.